The van der Waals surface area contributed by atoms with Gasteiger partial charge >= 0.3 is 6.18 Å². The smallest absolute Gasteiger partial charge is 0.362 e. The summed E-state index contributed by atoms with van der Waals surface area (Å²) >= 11 is 6.17. The summed E-state index contributed by atoms with van der Waals surface area (Å²) in [7, 11) is 0. The van der Waals surface area contributed by atoms with E-state index in [1.54, 1.807) is 0 Å². The molecule has 0 radical (unpaired) electrons. The number of dihydropyridines is 1. The molecule has 166 valence electrons. The second kappa shape index (κ2) is 8.07. The Morgan fingerprint density at radius 3 is 2.56 bits per heavy atom. The van der Waals surface area contributed by atoms with Crippen LogP contribution in [0.15, 0.2) is 47.7 Å². The lowest BCUT2D eigenvalue weighted by Crippen LogP contribution is -2.34. The highest BCUT2D eigenvalue weighted by Crippen LogP contribution is 2.34. The van der Waals surface area contributed by atoms with Gasteiger partial charge in [0.15, 0.2) is 17.3 Å². The van der Waals surface area contributed by atoms with Crippen LogP contribution in [0.25, 0.3) is 11.6 Å². The molecule has 9 nitrogen and oxygen atoms in total. The molecule has 2 N–H and O–H groups in total. The van der Waals surface area contributed by atoms with Crippen molar-refractivity contribution in [3.63, 3.8) is 0 Å². The summed E-state index contributed by atoms with van der Waals surface area (Å²) in [6.45, 7) is 1.43. The minimum atomic E-state index is -4.94. The number of hydrogen-bond acceptors (Lipinski definition) is 6. The van der Waals surface area contributed by atoms with Crippen molar-refractivity contribution in [1.82, 2.24) is 40.4 Å². The second-order valence-electron chi connectivity index (χ2n) is 6.60. The quantitative estimate of drug-likeness (QED) is 0.571. The van der Waals surface area contributed by atoms with Crippen LogP contribution in [0.2, 0.25) is 0 Å². The molecule has 0 saturated heterocycles. The number of carbonyl (C=O) groups excluding carboxylic acids is 1. The summed E-state index contributed by atoms with van der Waals surface area (Å²) in [5.41, 5.74) is -1.75. The van der Waals surface area contributed by atoms with E-state index in [0.29, 0.717) is 10.5 Å². The van der Waals surface area contributed by atoms with Crippen molar-refractivity contribution in [2.75, 3.05) is 6.54 Å². The van der Waals surface area contributed by atoms with Crippen LogP contribution in [0.4, 0.5) is 17.6 Å². The van der Waals surface area contributed by atoms with E-state index in [0.717, 1.165) is 18.5 Å². The first-order chi connectivity index (χ1) is 15.1. The van der Waals surface area contributed by atoms with Crippen molar-refractivity contribution in [2.45, 2.75) is 13.1 Å². The van der Waals surface area contributed by atoms with Crippen molar-refractivity contribution in [3.05, 3.63) is 70.3 Å². The van der Waals surface area contributed by atoms with E-state index < -0.39 is 29.2 Å². The van der Waals surface area contributed by atoms with E-state index in [-0.39, 0.29) is 28.7 Å². The molecule has 32 heavy (non-hydrogen) atoms. The Labute approximate surface area is 182 Å². The van der Waals surface area contributed by atoms with Crippen LogP contribution >= 0.6 is 11.6 Å². The first-order valence-corrected chi connectivity index (χ1v) is 9.33. The molecule has 0 bridgehead atoms. The number of rotatable bonds is 4. The van der Waals surface area contributed by atoms with Crippen molar-refractivity contribution in [1.29, 1.82) is 0 Å². The number of alkyl halides is 3. The topological polar surface area (TPSA) is 103 Å². The zero-order valence-electron chi connectivity index (χ0n) is 16.2. The highest BCUT2D eigenvalue weighted by molar-refractivity contribution is 6.33. The van der Waals surface area contributed by atoms with Crippen LogP contribution < -0.4 is 10.6 Å². The Morgan fingerprint density at radius 2 is 1.94 bits per heavy atom. The fourth-order valence-corrected chi connectivity index (χ4v) is 3.30. The molecule has 0 fully saturated rings. The minimum Gasteiger partial charge on any atom is -0.362 e. The van der Waals surface area contributed by atoms with E-state index in [1.165, 1.54) is 30.2 Å². The van der Waals surface area contributed by atoms with Gasteiger partial charge in [0, 0.05) is 5.70 Å². The number of carbonyl (C=O) groups is 1. The number of allylic oxidation sites excluding steroid dienone is 2. The number of amides is 1. The zero-order chi connectivity index (χ0) is 23.0. The van der Waals surface area contributed by atoms with Crippen LogP contribution in [0.3, 0.4) is 0 Å². The average Bonchev–Trinajstić information content (AvgIpc) is 3.38. The molecule has 4 heterocycles. The van der Waals surface area contributed by atoms with Crippen LogP contribution in [-0.4, -0.2) is 42.2 Å². The van der Waals surface area contributed by atoms with Crippen molar-refractivity contribution in [2.24, 2.45) is 0 Å². The second-order valence-corrected chi connectivity index (χ2v) is 7.01. The van der Waals surface area contributed by atoms with Gasteiger partial charge in [0.05, 0.1) is 41.9 Å². The fourth-order valence-electron chi connectivity index (χ4n) is 3.03. The first kappa shape index (κ1) is 21.5. The van der Waals surface area contributed by atoms with Gasteiger partial charge in [0.1, 0.15) is 5.82 Å². The molecule has 0 spiro atoms. The van der Waals surface area contributed by atoms with Gasteiger partial charge in [-0.2, -0.15) is 28.5 Å². The standard InChI is InChI=1S/C18H13ClF4N8O/c1-9-4-10(20)6-24-15(9)30-14(18(21,22)23)12(8-28-30)17(32)29-11-5-13(19)16(25-7-11)31-26-2-3-27-31/h2-6,8,25H,7H2,1H3,(H,29,32). The predicted molar refractivity (Wildman–Crippen MR) is 104 cm³/mol. The average molecular weight is 469 g/mol. The maximum absolute atomic E-state index is 13.8. The highest BCUT2D eigenvalue weighted by atomic mass is 35.5. The van der Waals surface area contributed by atoms with Crippen LogP contribution in [0, 0.1) is 12.7 Å². The van der Waals surface area contributed by atoms with Gasteiger partial charge in [-0.3, -0.25) is 4.79 Å². The molecule has 1 amide bonds. The SMILES string of the molecule is Cc1cc(F)cnc1-n1ncc(C(=O)NC2=CC(Cl)=C(n3nccn3)NC2)c1C(F)(F)F. The number of aryl methyl sites for hydroxylation is 1. The van der Waals surface area contributed by atoms with Gasteiger partial charge in [-0.1, -0.05) is 11.6 Å². The molecular formula is C18H13ClF4N8O. The molecule has 0 atom stereocenters. The molecule has 1 aliphatic rings. The zero-order valence-corrected chi connectivity index (χ0v) is 16.9. The number of nitrogens with zero attached hydrogens (tertiary/aromatic N) is 6. The van der Waals surface area contributed by atoms with Crippen LogP contribution in [0.1, 0.15) is 21.6 Å². The van der Waals surface area contributed by atoms with Gasteiger partial charge in [0.2, 0.25) is 0 Å². The summed E-state index contributed by atoms with van der Waals surface area (Å²) in [6, 6.07) is 1.02. The van der Waals surface area contributed by atoms with Gasteiger partial charge in [-0.15, -0.1) is 4.80 Å². The van der Waals surface area contributed by atoms with Crippen molar-refractivity contribution < 1.29 is 22.4 Å². The third-order valence-corrected chi connectivity index (χ3v) is 4.65. The van der Waals surface area contributed by atoms with Gasteiger partial charge in [0.25, 0.3) is 5.91 Å². The van der Waals surface area contributed by atoms with Gasteiger partial charge < -0.3 is 10.6 Å². The van der Waals surface area contributed by atoms with Crippen molar-refractivity contribution >= 4 is 23.3 Å². The molecule has 3 aromatic heterocycles. The normalized spacial score (nSPS) is 14.2. The monoisotopic (exact) mass is 468 g/mol. The molecule has 3 aromatic rings. The number of pyridine rings is 1. The Morgan fingerprint density at radius 1 is 1.22 bits per heavy atom. The summed E-state index contributed by atoms with van der Waals surface area (Å²) in [4.78, 5) is 17.6. The largest absolute Gasteiger partial charge is 0.434 e. The van der Waals surface area contributed by atoms with E-state index in [9.17, 15) is 22.4 Å². The van der Waals surface area contributed by atoms with E-state index in [2.05, 4.69) is 30.9 Å². The summed E-state index contributed by atoms with van der Waals surface area (Å²) in [6.07, 6.45) is 0.847. The summed E-state index contributed by atoms with van der Waals surface area (Å²) in [5.74, 6) is -1.67. The number of hydrogen-bond donors (Lipinski definition) is 2. The molecule has 1 aliphatic heterocycles. The first-order valence-electron chi connectivity index (χ1n) is 8.95. The summed E-state index contributed by atoms with van der Waals surface area (Å²) in [5, 5.41) is 16.9. The number of halogens is 5. The Kier molecular flexibility index (Phi) is 5.42. The maximum atomic E-state index is 13.8. The van der Waals surface area contributed by atoms with E-state index in [1.807, 2.05) is 0 Å². The fraction of sp³-hybridized carbons (Fsp3) is 0.167. The van der Waals surface area contributed by atoms with E-state index >= 15 is 0 Å². The van der Waals surface area contributed by atoms with E-state index in [4.69, 9.17) is 11.6 Å². The van der Waals surface area contributed by atoms with Crippen LogP contribution in [-0.2, 0) is 6.18 Å². The Balaban J connectivity index is 1.66. The number of nitrogens with one attached hydrogen (secondary N) is 2. The lowest BCUT2D eigenvalue weighted by Gasteiger charge is -2.19. The van der Waals surface area contributed by atoms with Gasteiger partial charge in [-0.25, -0.2) is 14.1 Å². The molecule has 0 unspecified atom stereocenters. The molecule has 4 rings (SSSR count). The lowest BCUT2D eigenvalue weighted by atomic mass is 10.2. The highest BCUT2D eigenvalue weighted by Gasteiger charge is 2.41. The Bertz CT molecular complexity index is 1250. The molecular weight excluding hydrogens is 456 g/mol. The third-order valence-electron chi connectivity index (χ3n) is 4.37. The molecule has 0 aliphatic carbocycles. The lowest BCUT2D eigenvalue weighted by molar-refractivity contribution is -0.143. The third kappa shape index (κ3) is 4.06. The van der Waals surface area contributed by atoms with Crippen molar-refractivity contribution in [3.8, 4) is 5.82 Å². The molecule has 0 aromatic carbocycles. The Hall–Kier alpha value is -3.74. The number of aromatic nitrogens is 6. The maximum Gasteiger partial charge on any atom is 0.434 e. The molecule has 0 saturated carbocycles. The van der Waals surface area contributed by atoms with Gasteiger partial charge in [-0.05, 0) is 24.6 Å². The predicted octanol–water partition coefficient (Wildman–Crippen LogP) is 2.61. The van der Waals surface area contributed by atoms with Crippen LogP contribution in [0.5, 0.6) is 0 Å². The minimum absolute atomic E-state index is 0.0486. The summed E-state index contributed by atoms with van der Waals surface area (Å²) < 4.78 is 55.3. The molecule has 14 heteroatoms.